The third-order valence-corrected chi connectivity index (χ3v) is 7.52. The minimum atomic E-state index is -0.457. The largest absolute Gasteiger partial charge is 0.462 e. The van der Waals surface area contributed by atoms with Crippen LogP contribution in [0.25, 0.3) is 11.1 Å². The van der Waals surface area contributed by atoms with Crippen LogP contribution in [0.4, 0.5) is 5.69 Å². The zero-order valence-electron chi connectivity index (χ0n) is 20.5. The standard InChI is InChI=1S/C28H29N3O3S/c1-5-34-28(33)25-23-11-6-7-12-24(23)35-27(25)31-18(3)14-20(19(31)4)15-21(16-29)26(32)30-22-10-8-9-17(2)13-22/h8-10,13-15H,5-7,11-12H2,1-4H3,(H,30,32). The fraction of sp³-hybridized carbons (Fsp3) is 0.321. The third kappa shape index (κ3) is 4.94. The van der Waals surface area contributed by atoms with Gasteiger partial charge in [0.25, 0.3) is 5.91 Å². The quantitative estimate of drug-likeness (QED) is 0.260. The maximum Gasteiger partial charge on any atom is 0.341 e. The molecule has 3 aromatic rings. The number of rotatable bonds is 6. The summed E-state index contributed by atoms with van der Waals surface area (Å²) >= 11 is 1.64. The number of aryl methyl sites for hydroxylation is 3. The monoisotopic (exact) mass is 487 g/mol. The summed E-state index contributed by atoms with van der Waals surface area (Å²) in [5.74, 6) is -0.747. The van der Waals surface area contributed by atoms with Gasteiger partial charge in [-0.2, -0.15) is 5.26 Å². The summed E-state index contributed by atoms with van der Waals surface area (Å²) in [4.78, 5) is 27.0. The molecule has 7 heteroatoms. The highest BCUT2D eigenvalue weighted by Gasteiger charge is 2.28. The van der Waals surface area contributed by atoms with Crippen molar-refractivity contribution < 1.29 is 14.3 Å². The van der Waals surface area contributed by atoms with Crippen LogP contribution < -0.4 is 5.32 Å². The van der Waals surface area contributed by atoms with Crippen LogP contribution in [0.5, 0.6) is 0 Å². The van der Waals surface area contributed by atoms with Crippen molar-refractivity contribution in [2.75, 3.05) is 11.9 Å². The van der Waals surface area contributed by atoms with Gasteiger partial charge in [-0.15, -0.1) is 11.3 Å². The first-order valence-electron chi connectivity index (χ1n) is 11.8. The van der Waals surface area contributed by atoms with Crippen molar-refractivity contribution in [2.45, 2.75) is 53.4 Å². The van der Waals surface area contributed by atoms with Crippen molar-refractivity contribution in [3.63, 3.8) is 0 Å². The van der Waals surface area contributed by atoms with Gasteiger partial charge in [0, 0.05) is 22.0 Å². The van der Waals surface area contributed by atoms with Crippen LogP contribution in [0.15, 0.2) is 35.9 Å². The van der Waals surface area contributed by atoms with Crippen LogP contribution in [0.1, 0.15) is 63.1 Å². The predicted molar refractivity (Wildman–Crippen MR) is 139 cm³/mol. The number of esters is 1. The van der Waals surface area contributed by atoms with Gasteiger partial charge in [-0.25, -0.2) is 4.79 Å². The highest BCUT2D eigenvalue weighted by Crippen LogP contribution is 2.39. The van der Waals surface area contributed by atoms with Gasteiger partial charge < -0.3 is 14.6 Å². The lowest BCUT2D eigenvalue weighted by Crippen LogP contribution is -2.13. The SMILES string of the molecule is CCOC(=O)c1c(-n2c(C)cc(C=C(C#N)C(=O)Nc3cccc(C)c3)c2C)sc2c1CCCC2. The number of nitriles is 1. The van der Waals surface area contributed by atoms with Crippen molar-refractivity contribution in [3.8, 4) is 11.1 Å². The molecular weight excluding hydrogens is 458 g/mol. The number of hydrogen-bond acceptors (Lipinski definition) is 5. The lowest BCUT2D eigenvalue weighted by atomic mass is 9.95. The average molecular weight is 488 g/mol. The minimum absolute atomic E-state index is 0.0165. The van der Waals surface area contributed by atoms with E-state index >= 15 is 0 Å². The van der Waals surface area contributed by atoms with Crippen molar-refractivity contribution in [1.29, 1.82) is 5.26 Å². The number of thiophene rings is 1. The molecule has 0 saturated heterocycles. The van der Waals surface area contributed by atoms with Gasteiger partial charge >= 0.3 is 5.97 Å². The van der Waals surface area contributed by atoms with Gasteiger partial charge in [-0.3, -0.25) is 4.79 Å². The first kappa shape index (κ1) is 24.5. The van der Waals surface area contributed by atoms with Gasteiger partial charge in [-0.05, 0) is 94.3 Å². The third-order valence-electron chi connectivity index (χ3n) is 6.25. The molecular formula is C28H29N3O3S. The Balaban J connectivity index is 1.74. The van der Waals surface area contributed by atoms with E-state index in [4.69, 9.17) is 4.74 Å². The second-order valence-electron chi connectivity index (χ2n) is 8.77. The second kappa shape index (κ2) is 10.3. The summed E-state index contributed by atoms with van der Waals surface area (Å²) in [6, 6.07) is 11.4. The van der Waals surface area contributed by atoms with Crippen molar-refractivity contribution in [3.05, 3.63) is 74.4 Å². The number of nitrogens with zero attached hydrogens (tertiary/aromatic N) is 2. The molecule has 1 N–H and O–H groups in total. The number of aromatic nitrogens is 1. The lowest BCUT2D eigenvalue weighted by molar-refractivity contribution is -0.112. The van der Waals surface area contributed by atoms with Gasteiger partial charge in [-0.1, -0.05) is 12.1 Å². The highest BCUT2D eigenvalue weighted by molar-refractivity contribution is 7.15. The molecule has 0 atom stereocenters. The number of hydrogen-bond donors (Lipinski definition) is 1. The molecule has 1 aliphatic carbocycles. The van der Waals surface area contributed by atoms with Crippen LogP contribution in [-0.2, 0) is 22.4 Å². The zero-order valence-corrected chi connectivity index (χ0v) is 21.3. The van der Waals surface area contributed by atoms with Crippen LogP contribution in [0.3, 0.4) is 0 Å². The Hall–Kier alpha value is -3.63. The summed E-state index contributed by atoms with van der Waals surface area (Å²) in [5, 5.41) is 13.4. The van der Waals surface area contributed by atoms with E-state index in [0.29, 0.717) is 17.9 Å². The van der Waals surface area contributed by atoms with Gasteiger partial charge in [0.1, 0.15) is 16.6 Å². The zero-order chi connectivity index (χ0) is 25.1. The second-order valence-corrected chi connectivity index (χ2v) is 9.85. The number of amides is 1. The molecule has 0 unspecified atom stereocenters. The molecule has 4 rings (SSSR count). The van der Waals surface area contributed by atoms with E-state index in [1.54, 1.807) is 23.5 Å². The number of carbonyl (C=O) groups excluding carboxylic acids is 2. The van der Waals surface area contributed by atoms with E-state index < -0.39 is 5.91 Å². The molecule has 1 aromatic carbocycles. The molecule has 1 aliphatic rings. The van der Waals surface area contributed by atoms with E-state index in [1.165, 1.54) is 4.88 Å². The Labute approximate surface area is 209 Å². The molecule has 180 valence electrons. The van der Waals surface area contributed by atoms with Crippen LogP contribution >= 0.6 is 11.3 Å². The first-order chi connectivity index (χ1) is 16.8. The van der Waals surface area contributed by atoms with Crippen LogP contribution in [0, 0.1) is 32.1 Å². The molecule has 35 heavy (non-hydrogen) atoms. The summed E-state index contributed by atoms with van der Waals surface area (Å²) in [7, 11) is 0. The molecule has 1 amide bonds. The first-order valence-corrected chi connectivity index (χ1v) is 12.7. The maximum atomic E-state index is 13.0. The summed E-state index contributed by atoms with van der Waals surface area (Å²) in [6.45, 7) is 7.99. The number of nitrogens with one attached hydrogen (secondary N) is 1. The van der Waals surface area contributed by atoms with Gasteiger partial charge in [0.2, 0.25) is 0 Å². The molecule has 0 aliphatic heterocycles. The number of benzene rings is 1. The summed E-state index contributed by atoms with van der Waals surface area (Å²) < 4.78 is 7.48. The molecule has 0 spiro atoms. The maximum absolute atomic E-state index is 13.0. The molecule has 6 nitrogen and oxygen atoms in total. The average Bonchev–Trinajstić information content (AvgIpc) is 3.33. The highest BCUT2D eigenvalue weighted by atomic mass is 32.1. The van der Waals surface area contributed by atoms with Gasteiger partial charge in [0.05, 0.1) is 12.2 Å². The van der Waals surface area contributed by atoms with Gasteiger partial charge in [0.15, 0.2) is 0 Å². The summed E-state index contributed by atoms with van der Waals surface area (Å²) in [6.07, 6.45) is 5.64. The Kier molecular flexibility index (Phi) is 7.23. The van der Waals surface area contributed by atoms with Crippen molar-refractivity contribution in [2.24, 2.45) is 0 Å². The number of fused-ring (bicyclic) bond motifs is 1. The number of ether oxygens (including phenoxy) is 1. The molecule has 0 radical (unpaired) electrons. The van der Waals surface area contributed by atoms with E-state index in [9.17, 15) is 14.9 Å². The van der Waals surface area contributed by atoms with E-state index in [1.807, 2.05) is 58.0 Å². The number of carbonyl (C=O) groups is 2. The normalized spacial score (nSPS) is 13.2. The van der Waals surface area contributed by atoms with Crippen molar-refractivity contribution in [1.82, 2.24) is 4.57 Å². The molecule has 0 fully saturated rings. The predicted octanol–water partition coefficient (Wildman–Crippen LogP) is 6.07. The fourth-order valence-corrected chi connectivity index (χ4v) is 6.08. The Morgan fingerprint density at radius 1 is 1.20 bits per heavy atom. The minimum Gasteiger partial charge on any atom is -0.462 e. The fourth-order valence-electron chi connectivity index (χ4n) is 4.59. The Bertz CT molecular complexity index is 1370. The van der Waals surface area contributed by atoms with Crippen molar-refractivity contribution >= 4 is 35.0 Å². The molecule has 0 bridgehead atoms. The lowest BCUT2D eigenvalue weighted by Gasteiger charge is -2.13. The van der Waals surface area contributed by atoms with Crippen LogP contribution in [0.2, 0.25) is 0 Å². The Morgan fingerprint density at radius 3 is 2.69 bits per heavy atom. The summed E-state index contributed by atoms with van der Waals surface area (Å²) in [5.41, 5.74) is 5.99. The van der Waals surface area contributed by atoms with Crippen LogP contribution in [-0.4, -0.2) is 23.1 Å². The van der Waals surface area contributed by atoms with E-state index in [0.717, 1.165) is 58.8 Å². The van der Waals surface area contributed by atoms with E-state index in [-0.39, 0.29) is 11.5 Å². The molecule has 2 heterocycles. The topological polar surface area (TPSA) is 84.1 Å². The molecule has 0 saturated carbocycles. The number of anilines is 1. The Morgan fingerprint density at radius 2 is 1.97 bits per heavy atom. The smallest absolute Gasteiger partial charge is 0.341 e. The van der Waals surface area contributed by atoms with E-state index in [2.05, 4.69) is 9.88 Å². The molecule has 2 aromatic heterocycles.